The summed E-state index contributed by atoms with van der Waals surface area (Å²) in [6, 6.07) is 5.68. The van der Waals surface area contributed by atoms with Crippen LogP contribution in [0.2, 0.25) is 0 Å². The van der Waals surface area contributed by atoms with Crippen LogP contribution >= 0.6 is 0 Å². The van der Waals surface area contributed by atoms with E-state index in [0.717, 1.165) is 12.8 Å². The molecule has 2 rings (SSSR count). The van der Waals surface area contributed by atoms with E-state index in [0.29, 0.717) is 24.4 Å². The lowest BCUT2D eigenvalue weighted by atomic mass is 9.86. The van der Waals surface area contributed by atoms with Gasteiger partial charge < -0.3 is 9.64 Å². The van der Waals surface area contributed by atoms with E-state index < -0.39 is 5.41 Å². The second-order valence-corrected chi connectivity index (χ2v) is 4.82. The molecule has 19 heavy (non-hydrogen) atoms. The first kappa shape index (κ1) is 13.3. The van der Waals surface area contributed by atoms with Crippen molar-refractivity contribution in [2.75, 3.05) is 19.1 Å². The van der Waals surface area contributed by atoms with Crippen LogP contribution in [0.4, 0.5) is 5.69 Å². The number of rotatable bonds is 3. The molecule has 5 heteroatoms. The Labute approximate surface area is 112 Å². The Morgan fingerprint density at radius 2 is 2.16 bits per heavy atom. The molecule has 1 amide bonds. The summed E-state index contributed by atoms with van der Waals surface area (Å²) in [6.07, 6.45) is 4.76. The Kier molecular flexibility index (Phi) is 3.70. The summed E-state index contributed by atoms with van der Waals surface area (Å²) in [5.74, 6) is 0.361. The van der Waals surface area contributed by atoms with Gasteiger partial charge in [-0.2, -0.15) is 5.26 Å². The van der Waals surface area contributed by atoms with Gasteiger partial charge in [0.25, 0.3) is 0 Å². The zero-order valence-electron chi connectivity index (χ0n) is 11.2. The Morgan fingerprint density at radius 1 is 1.47 bits per heavy atom. The lowest BCUT2D eigenvalue weighted by Gasteiger charge is -2.26. The van der Waals surface area contributed by atoms with Crippen molar-refractivity contribution in [1.82, 2.24) is 4.98 Å². The quantitative estimate of drug-likeness (QED) is 0.834. The summed E-state index contributed by atoms with van der Waals surface area (Å²) >= 11 is 0. The zero-order chi connectivity index (χ0) is 13.9. The smallest absolute Gasteiger partial charge is 0.247 e. The molecular weight excluding hydrogens is 242 g/mol. The minimum Gasteiger partial charge on any atom is -0.481 e. The molecule has 1 aromatic heterocycles. The van der Waals surface area contributed by atoms with E-state index in [1.807, 2.05) is 0 Å². The van der Waals surface area contributed by atoms with Crippen LogP contribution in [0.5, 0.6) is 5.88 Å². The van der Waals surface area contributed by atoms with E-state index in [2.05, 4.69) is 11.1 Å². The first-order chi connectivity index (χ1) is 9.13. The summed E-state index contributed by atoms with van der Waals surface area (Å²) in [6.45, 7) is 0. The second-order valence-electron chi connectivity index (χ2n) is 4.82. The van der Waals surface area contributed by atoms with Crippen LogP contribution < -0.4 is 9.64 Å². The van der Waals surface area contributed by atoms with Gasteiger partial charge in [0.1, 0.15) is 5.41 Å². The number of carbonyl (C=O) groups is 1. The lowest BCUT2D eigenvalue weighted by molar-refractivity contribution is -0.124. The summed E-state index contributed by atoms with van der Waals surface area (Å²) in [5.41, 5.74) is -0.179. The Bertz CT molecular complexity index is 498. The summed E-state index contributed by atoms with van der Waals surface area (Å²) in [5, 5.41) is 9.33. The van der Waals surface area contributed by atoms with Crippen molar-refractivity contribution in [3.8, 4) is 11.9 Å². The molecule has 1 aliphatic rings. The average Bonchev–Trinajstić information content (AvgIpc) is 2.96. The Morgan fingerprint density at radius 3 is 2.63 bits per heavy atom. The van der Waals surface area contributed by atoms with Gasteiger partial charge in [-0.1, -0.05) is 12.8 Å². The number of anilines is 1. The van der Waals surface area contributed by atoms with Gasteiger partial charge in [0, 0.05) is 13.1 Å². The molecular formula is C14H17N3O2. The monoisotopic (exact) mass is 259 g/mol. The summed E-state index contributed by atoms with van der Waals surface area (Å²) in [7, 11) is 3.23. The van der Waals surface area contributed by atoms with Crippen molar-refractivity contribution in [1.29, 1.82) is 5.26 Å². The fourth-order valence-corrected chi connectivity index (χ4v) is 2.48. The highest BCUT2D eigenvalue weighted by molar-refractivity contribution is 5.99. The molecule has 0 unspecified atom stereocenters. The molecule has 0 atom stereocenters. The van der Waals surface area contributed by atoms with E-state index in [4.69, 9.17) is 4.74 Å². The van der Waals surface area contributed by atoms with Gasteiger partial charge in [-0.3, -0.25) is 4.79 Å². The predicted molar refractivity (Wildman–Crippen MR) is 70.7 cm³/mol. The number of aromatic nitrogens is 1. The lowest BCUT2D eigenvalue weighted by Crippen LogP contribution is -2.39. The molecule has 5 nitrogen and oxygen atoms in total. The molecule has 0 saturated heterocycles. The Hall–Kier alpha value is -2.09. The van der Waals surface area contributed by atoms with Crippen LogP contribution in [0.1, 0.15) is 25.7 Å². The number of methoxy groups -OCH3 is 1. The highest BCUT2D eigenvalue weighted by Crippen LogP contribution is 2.39. The topological polar surface area (TPSA) is 66.2 Å². The first-order valence-electron chi connectivity index (χ1n) is 6.32. The summed E-state index contributed by atoms with van der Waals surface area (Å²) < 4.78 is 4.98. The summed E-state index contributed by atoms with van der Waals surface area (Å²) in [4.78, 5) is 18.1. The fraction of sp³-hybridized carbons (Fsp3) is 0.500. The average molecular weight is 259 g/mol. The van der Waals surface area contributed by atoms with E-state index in [1.54, 1.807) is 32.5 Å². The molecule has 1 aromatic rings. The number of carbonyl (C=O) groups excluding carboxylic acids is 1. The number of pyridine rings is 1. The van der Waals surface area contributed by atoms with Gasteiger partial charge in [0.2, 0.25) is 11.8 Å². The molecule has 1 aliphatic carbocycles. The SMILES string of the molecule is COc1ccc(N(C)C(=O)C2(C#N)CCCC2)cn1. The molecule has 0 aliphatic heterocycles. The highest BCUT2D eigenvalue weighted by atomic mass is 16.5. The maximum atomic E-state index is 12.5. The molecule has 1 saturated carbocycles. The third-order valence-electron chi connectivity index (χ3n) is 3.70. The molecule has 0 aromatic carbocycles. The second kappa shape index (κ2) is 5.27. The third-order valence-corrected chi connectivity index (χ3v) is 3.70. The molecule has 1 fully saturated rings. The van der Waals surface area contributed by atoms with Gasteiger partial charge in [0.15, 0.2) is 0 Å². The van der Waals surface area contributed by atoms with Crippen LogP contribution in [0.25, 0.3) is 0 Å². The van der Waals surface area contributed by atoms with Crippen LogP contribution in [0.15, 0.2) is 18.3 Å². The van der Waals surface area contributed by atoms with Crippen LogP contribution in [-0.2, 0) is 4.79 Å². The number of hydrogen-bond donors (Lipinski definition) is 0. The van der Waals surface area contributed by atoms with E-state index in [1.165, 1.54) is 4.90 Å². The third kappa shape index (κ3) is 2.39. The van der Waals surface area contributed by atoms with Crippen molar-refractivity contribution in [2.24, 2.45) is 5.41 Å². The predicted octanol–water partition coefficient (Wildman–Crippen LogP) is 2.14. The van der Waals surface area contributed by atoms with Crippen LogP contribution in [-0.4, -0.2) is 25.0 Å². The number of hydrogen-bond acceptors (Lipinski definition) is 4. The molecule has 0 bridgehead atoms. The van der Waals surface area contributed by atoms with Gasteiger partial charge in [0.05, 0.1) is 25.1 Å². The van der Waals surface area contributed by atoms with Crippen molar-refractivity contribution in [2.45, 2.75) is 25.7 Å². The largest absolute Gasteiger partial charge is 0.481 e. The van der Waals surface area contributed by atoms with Crippen LogP contribution in [0.3, 0.4) is 0 Å². The highest BCUT2D eigenvalue weighted by Gasteiger charge is 2.43. The molecule has 0 radical (unpaired) electrons. The Balaban J connectivity index is 2.20. The minimum atomic E-state index is -0.853. The normalized spacial score (nSPS) is 16.7. The van der Waals surface area contributed by atoms with Gasteiger partial charge in [-0.05, 0) is 18.9 Å². The zero-order valence-corrected chi connectivity index (χ0v) is 11.2. The van der Waals surface area contributed by atoms with Gasteiger partial charge >= 0.3 is 0 Å². The number of nitrogens with zero attached hydrogens (tertiary/aromatic N) is 3. The van der Waals surface area contributed by atoms with Gasteiger partial charge in [-0.15, -0.1) is 0 Å². The van der Waals surface area contributed by atoms with Crippen molar-refractivity contribution < 1.29 is 9.53 Å². The van der Waals surface area contributed by atoms with Crippen molar-refractivity contribution >= 4 is 11.6 Å². The van der Waals surface area contributed by atoms with Crippen molar-refractivity contribution in [3.63, 3.8) is 0 Å². The van der Waals surface area contributed by atoms with Gasteiger partial charge in [-0.25, -0.2) is 4.98 Å². The van der Waals surface area contributed by atoms with E-state index >= 15 is 0 Å². The molecule has 0 spiro atoms. The maximum absolute atomic E-state index is 12.5. The molecule has 1 heterocycles. The maximum Gasteiger partial charge on any atom is 0.247 e. The molecule has 100 valence electrons. The fourth-order valence-electron chi connectivity index (χ4n) is 2.48. The van der Waals surface area contributed by atoms with E-state index in [9.17, 15) is 10.1 Å². The minimum absolute atomic E-state index is 0.139. The number of nitriles is 1. The molecule has 0 N–H and O–H groups in total. The number of ether oxygens (including phenoxy) is 1. The van der Waals surface area contributed by atoms with Crippen LogP contribution in [0, 0.1) is 16.7 Å². The van der Waals surface area contributed by atoms with E-state index in [-0.39, 0.29) is 5.91 Å². The standard InChI is InChI=1S/C14H17N3O2/c1-17(11-5-6-12(19-2)16-9-11)13(18)14(10-15)7-3-4-8-14/h5-6,9H,3-4,7-8H2,1-2H3. The first-order valence-corrected chi connectivity index (χ1v) is 6.32. The van der Waals surface area contributed by atoms with Crippen molar-refractivity contribution in [3.05, 3.63) is 18.3 Å². The number of amides is 1.